The van der Waals surface area contributed by atoms with Gasteiger partial charge in [0.1, 0.15) is 0 Å². The predicted octanol–water partition coefficient (Wildman–Crippen LogP) is 1.40. The van der Waals surface area contributed by atoms with Crippen LogP contribution in [0.15, 0.2) is 12.3 Å². The molecule has 0 radical (unpaired) electrons. The molecule has 0 aliphatic heterocycles. The van der Waals surface area contributed by atoms with E-state index < -0.39 is 5.54 Å². The summed E-state index contributed by atoms with van der Waals surface area (Å²) in [6.07, 6.45) is 6.42. The van der Waals surface area contributed by atoms with Gasteiger partial charge in [-0.05, 0) is 25.8 Å². The second-order valence-corrected chi connectivity index (χ2v) is 5.35. The Labute approximate surface area is 113 Å². The summed E-state index contributed by atoms with van der Waals surface area (Å²) in [7, 11) is 0. The molecule has 19 heavy (non-hydrogen) atoms. The van der Waals surface area contributed by atoms with Crippen molar-refractivity contribution in [3.8, 4) is 0 Å². The van der Waals surface area contributed by atoms with Gasteiger partial charge in [0, 0.05) is 0 Å². The highest BCUT2D eigenvalue weighted by Crippen LogP contribution is 2.28. The van der Waals surface area contributed by atoms with Crippen LogP contribution in [-0.4, -0.2) is 28.1 Å². The quantitative estimate of drug-likeness (QED) is 0.769. The number of aryl methyl sites for hydroxylation is 1. The molecule has 0 aromatic carbocycles. The third kappa shape index (κ3) is 3.04. The van der Waals surface area contributed by atoms with Crippen LogP contribution in [0.2, 0.25) is 0 Å². The van der Waals surface area contributed by atoms with E-state index >= 15 is 0 Å². The number of carbonyl (C=O) groups excluding carboxylic acids is 1. The first-order valence-electron chi connectivity index (χ1n) is 6.72. The molecular weight excluding hydrogens is 242 g/mol. The standard InChI is InChI=1S/C14H21N3O2/c1-10-12(7-11(15)8-16-10)13(19)17-14(9-18)5-3-2-4-6-14/h7-8,18H,2-6,9,15H2,1H3,(H,17,19). The zero-order valence-electron chi connectivity index (χ0n) is 11.3. The number of pyridine rings is 1. The van der Waals surface area contributed by atoms with Gasteiger partial charge >= 0.3 is 0 Å². The lowest BCUT2D eigenvalue weighted by Gasteiger charge is -2.36. The number of nitrogen functional groups attached to an aromatic ring is 1. The molecule has 0 bridgehead atoms. The molecule has 0 spiro atoms. The fourth-order valence-electron chi connectivity index (χ4n) is 2.64. The number of aliphatic hydroxyl groups excluding tert-OH is 1. The molecular formula is C14H21N3O2. The third-order valence-corrected chi connectivity index (χ3v) is 3.84. The molecule has 0 unspecified atom stereocenters. The number of carbonyl (C=O) groups is 1. The Bertz CT molecular complexity index is 468. The van der Waals surface area contributed by atoms with E-state index in [9.17, 15) is 9.90 Å². The largest absolute Gasteiger partial charge is 0.397 e. The lowest BCUT2D eigenvalue weighted by atomic mass is 9.82. The van der Waals surface area contributed by atoms with E-state index in [1.54, 1.807) is 13.0 Å². The van der Waals surface area contributed by atoms with Crippen molar-refractivity contribution in [2.75, 3.05) is 12.3 Å². The van der Waals surface area contributed by atoms with Crippen molar-refractivity contribution in [3.63, 3.8) is 0 Å². The Hall–Kier alpha value is -1.62. The second-order valence-electron chi connectivity index (χ2n) is 5.35. The van der Waals surface area contributed by atoms with Crippen molar-refractivity contribution in [1.82, 2.24) is 10.3 Å². The number of aromatic nitrogens is 1. The fraction of sp³-hybridized carbons (Fsp3) is 0.571. The summed E-state index contributed by atoms with van der Waals surface area (Å²) in [4.78, 5) is 16.4. The molecule has 1 aromatic heterocycles. The number of nitrogens with zero attached hydrogens (tertiary/aromatic N) is 1. The normalized spacial score (nSPS) is 18.0. The number of hydrogen-bond donors (Lipinski definition) is 3. The molecule has 5 nitrogen and oxygen atoms in total. The van der Waals surface area contributed by atoms with Crippen LogP contribution >= 0.6 is 0 Å². The minimum absolute atomic E-state index is 0.0203. The summed E-state index contributed by atoms with van der Waals surface area (Å²) in [5.41, 5.74) is 6.80. The zero-order valence-corrected chi connectivity index (χ0v) is 11.3. The number of rotatable bonds is 3. The Balaban J connectivity index is 2.17. The van der Waals surface area contributed by atoms with Crippen molar-refractivity contribution < 1.29 is 9.90 Å². The third-order valence-electron chi connectivity index (χ3n) is 3.84. The van der Waals surface area contributed by atoms with Gasteiger partial charge in [0.05, 0.1) is 35.3 Å². The van der Waals surface area contributed by atoms with Crippen LogP contribution in [0.3, 0.4) is 0 Å². The van der Waals surface area contributed by atoms with Crippen LogP contribution in [0.25, 0.3) is 0 Å². The van der Waals surface area contributed by atoms with Gasteiger partial charge in [-0.3, -0.25) is 9.78 Å². The lowest BCUT2D eigenvalue weighted by Crippen LogP contribution is -2.52. The molecule has 5 heteroatoms. The Morgan fingerprint density at radius 1 is 1.47 bits per heavy atom. The van der Waals surface area contributed by atoms with Crippen LogP contribution in [0.5, 0.6) is 0 Å². The average molecular weight is 263 g/mol. The van der Waals surface area contributed by atoms with Gasteiger partial charge in [-0.15, -0.1) is 0 Å². The van der Waals surface area contributed by atoms with Gasteiger partial charge in [-0.25, -0.2) is 0 Å². The van der Waals surface area contributed by atoms with Crippen molar-refractivity contribution in [2.45, 2.75) is 44.6 Å². The molecule has 1 aromatic rings. The SMILES string of the molecule is Cc1ncc(N)cc1C(=O)NC1(CO)CCCCC1. The molecule has 0 atom stereocenters. The van der Waals surface area contributed by atoms with E-state index in [1.165, 1.54) is 6.20 Å². The highest BCUT2D eigenvalue weighted by Gasteiger charge is 2.33. The Kier molecular flexibility index (Phi) is 4.04. The minimum Gasteiger partial charge on any atom is -0.397 e. The molecule has 1 amide bonds. The number of nitrogens with one attached hydrogen (secondary N) is 1. The monoisotopic (exact) mass is 263 g/mol. The summed E-state index contributed by atoms with van der Waals surface area (Å²) < 4.78 is 0. The lowest BCUT2D eigenvalue weighted by molar-refractivity contribution is 0.0757. The molecule has 1 heterocycles. The van der Waals surface area contributed by atoms with Crippen molar-refractivity contribution >= 4 is 11.6 Å². The second kappa shape index (κ2) is 5.57. The van der Waals surface area contributed by atoms with E-state index in [4.69, 9.17) is 5.73 Å². The topological polar surface area (TPSA) is 88.2 Å². The van der Waals surface area contributed by atoms with Crippen LogP contribution in [0.1, 0.15) is 48.2 Å². The van der Waals surface area contributed by atoms with Gasteiger partial charge in [0.15, 0.2) is 0 Å². The van der Waals surface area contributed by atoms with Crippen LogP contribution < -0.4 is 11.1 Å². The molecule has 1 aliphatic rings. The van der Waals surface area contributed by atoms with Crippen molar-refractivity contribution in [3.05, 3.63) is 23.5 Å². The molecule has 0 saturated heterocycles. The smallest absolute Gasteiger partial charge is 0.253 e. The van der Waals surface area contributed by atoms with Gasteiger partial charge in [-0.2, -0.15) is 0 Å². The number of hydrogen-bond acceptors (Lipinski definition) is 4. The molecule has 1 aliphatic carbocycles. The minimum atomic E-state index is -0.480. The zero-order chi connectivity index (χ0) is 13.9. The Morgan fingerprint density at radius 3 is 2.79 bits per heavy atom. The number of nitrogens with two attached hydrogens (primary N) is 1. The first kappa shape index (κ1) is 13.8. The van der Waals surface area contributed by atoms with Crippen molar-refractivity contribution in [1.29, 1.82) is 0 Å². The summed E-state index contributed by atoms with van der Waals surface area (Å²) >= 11 is 0. The number of anilines is 1. The van der Waals surface area contributed by atoms with Crippen LogP contribution in [0, 0.1) is 6.92 Å². The van der Waals surface area contributed by atoms with Gasteiger partial charge in [-0.1, -0.05) is 19.3 Å². The van der Waals surface area contributed by atoms with Gasteiger partial charge < -0.3 is 16.2 Å². The van der Waals surface area contributed by atoms with Crippen LogP contribution in [-0.2, 0) is 0 Å². The summed E-state index contributed by atoms with van der Waals surface area (Å²) in [6.45, 7) is 1.76. The average Bonchev–Trinajstić information content (AvgIpc) is 2.42. The predicted molar refractivity (Wildman–Crippen MR) is 73.8 cm³/mol. The summed E-state index contributed by atoms with van der Waals surface area (Å²) in [5.74, 6) is -0.201. The molecule has 4 N–H and O–H groups in total. The molecule has 2 rings (SSSR count). The summed E-state index contributed by atoms with van der Waals surface area (Å²) in [5, 5.41) is 12.6. The molecule has 1 fully saturated rings. The first-order chi connectivity index (χ1) is 9.06. The highest BCUT2D eigenvalue weighted by molar-refractivity contribution is 5.96. The van der Waals surface area contributed by atoms with Gasteiger partial charge in [0.2, 0.25) is 0 Å². The number of aliphatic hydroxyl groups is 1. The van der Waals surface area contributed by atoms with Crippen molar-refractivity contribution in [2.24, 2.45) is 0 Å². The number of amides is 1. The first-order valence-corrected chi connectivity index (χ1v) is 6.72. The van der Waals surface area contributed by atoms with E-state index in [0.717, 1.165) is 32.1 Å². The maximum Gasteiger partial charge on any atom is 0.253 e. The summed E-state index contributed by atoms with van der Waals surface area (Å²) in [6, 6.07) is 1.63. The van der Waals surface area contributed by atoms with Crippen LogP contribution in [0.4, 0.5) is 5.69 Å². The molecule has 1 saturated carbocycles. The van der Waals surface area contributed by atoms with E-state index in [1.807, 2.05) is 0 Å². The maximum absolute atomic E-state index is 12.3. The van der Waals surface area contributed by atoms with E-state index in [-0.39, 0.29) is 12.5 Å². The van der Waals surface area contributed by atoms with E-state index in [2.05, 4.69) is 10.3 Å². The van der Waals surface area contributed by atoms with Gasteiger partial charge in [0.25, 0.3) is 5.91 Å². The molecule has 104 valence electrons. The fourth-order valence-corrected chi connectivity index (χ4v) is 2.64. The van der Waals surface area contributed by atoms with E-state index in [0.29, 0.717) is 16.9 Å². The Morgan fingerprint density at radius 2 is 2.16 bits per heavy atom. The highest BCUT2D eigenvalue weighted by atomic mass is 16.3. The maximum atomic E-state index is 12.3.